The minimum Gasteiger partial charge on any atom is -0.300 e. The van der Waals surface area contributed by atoms with E-state index in [0.29, 0.717) is 11.6 Å². The third-order valence-corrected chi connectivity index (χ3v) is 2.79. The van der Waals surface area contributed by atoms with Crippen molar-refractivity contribution >= 4 is 22.9 Å². The molecule has 2 rings (SSSR count). The summed E-state index contributed by atoms with van der Waals surface area (Å²) in [6.45, 7) is 3.61. The number of carbonyl (C=O) groups excluding carboxylic acids is 1. The summed E-state index contributed by atoms with van der Waals surface area (Å²) in [6, 6.07) is 5.75. The lowest BCUT2D eigenvalue weighted by atomic mass is 10.2. The van der Waals surface area contributed by atoms with E-state index in [2.05, 4.69) is 4.98 Å². The van der Waals surface area contributed by atoms with Gasteiger partial charge in [-0.2, -0.15) is 0 Å². The van der Waals surface area contributed by atoms with Crippen molar-refractivity contribution < 1.29 is 4.79 Å². The Balaban J connectivity index is 2.69. The highest BCUT2D eigenvalue weighted by Gasteiger charge is 2.11. The molecule has 0 amide bonds. The molecule has 0 aromatic carbocycles. The summed E-state index contributed by atoms with van der Waals surface area (Å²) in [4.78, 5) is 15.5. The van der Waals surface area contributed by atoms with E-state index in [0.717, 1.165) is 23.5 Å². The van der Waals surface area contributed by atoms with Crippen LogP contribution < -0.4 is 0 Å². The molecule has 0 bridgehead atoms. The van der Waals surface area contributed by atoms with Crippen molar-refractivity contribution in [3.8, 4) is 0 Å². The van der Waals surface area contributed by atoms with Crippen LogP contribution >= 0.6 is 11.6 Å². The number of fused-ring (bicyclic) bond motifs is 1. The molecule has 0 aliphatic carbocycles. The number of imidazole rings is 1. The molecule has 0 unspecified atom stereocenters. The number of nitrogens with zero attached hydrogens (tertiary/aromatic N) is 2. The number of aryl methyl sites for hydroxylation is 1. The second-order valence-corrected chi connectivity index (χ2v) is 4.15. The molecule has 0 fully saturated rings. The Morgan fingerprint density at radius 1 is 1.50 bits per heavy atom. The minimum atomic E-state index is 0.138. The second-order valence-electron chi connectivity index (χ2n) is 3.79. The molecule has 0 N–H and O–H groups in total. The molecule has 0 radical (unpaired) electrons. The maximum atomic E-state index is 11.2. The summed E-state index contributed by atoms with van der Waals surface area (Å²) in [5.74, 6) is 1.04. The second kappa shape index (κ2) is 4.26. The Morgan fingerprint density at radius 3 is 2.88 bits per heavy atom. The quantitative estimate of drug-likeness (QED) is 0.821. The fraction of sp³-hybridized carbons (Fsp3) is 0.333. The van der Waals surface area contributed by atoms with E-state index < -0.39 is 0 Å². The van der Waals surface area contributed by atoms with Gasteiger partial charge in [-0.3, -0.25) is 9.20 Å². The molecule has 0 aliphatic heterocycles. The molecule has 3 nitrogen and oxygen atoms in total. The largest absolute Gasteiger partial charge is 0.300 e. The molecule has 2 aromatic heterocycles. The Bertz CT molecular complexity index is 545. The molecular formula is C12H13ClN2O. The molecular weight excluding hydrogens is 224 g/mol. The fourth-order valence-corrected chi connectivity index (χ4v) is 2.12. The minimum absolute atomic E-state index is 0.138. The van der Waals surface area contributed by atoms with Crippen molar-refractivity contribution in [2.75, 3.05) is 0 Å². The van der Waals surface area contributed by atoms with E-state index in [1.165, 1.54) is 0 Å². The number of pyridine rings is 1. The highest BCUT2D eigenvalue weighted by atomic mass is 35.5. The predicted octanol–water partition coefficient (Wildman–Crippen LogP) is 2.68. The average Bonchev–Trinajstić information content (AvgIpc) is 2.56. The number of carbonyl (C=O) groups is 1. The zero-order chi connectivity index (χ0) is 11.7. The first kappa shape index (κ1) is 11.1. The number of aromatic nitrogens is 2. The van der Waals surface area contributed by atoms with Gasteiger partial charge in [0, 0.05) is 18.5 Å². The Labute approximate surface area is 99.1 Å². The van der Waals surface area contributed by atoms with E-state index in [1.54, 1.807) is 6.92 Å². The molecule has 0 aliphatic rings. The lowest BCUT2D eigenvalue weighted by Gasteiger charge is -2.05. The van der Waals surface area contributed by atoms with Gasteiger partial charge in [0.15, 0.2) is 5.15 Å². The van der Waals surface area contributed by atoms with Crippen LogP contribution in [0.15, 0.2) is 18.2 Å². The van der Waals surface area contributed by atoms with Gasteiger partial charge in [0.25, 0.3) is 0 Å². The summed E-state index contributed by atoms with van der Waals surface area (Å²) in [7, 11) is 0. The van der Waals surface area contributed by atoms with Gasteiger partial charge >= 0.3 is 0 Å². The van der Waals surface area contributed by atoms with Gasteiger partial charge in [0.05, 0.1) is 5.52 Å². The number of hydrogen-bond donors (Lipinski definition) is 0. The first-order chi connectivity index (χ1) is 7.63. The molecule has 0 saturated heterocycles. The number of halogens is 1. The van der Waals surface area contributed by atoms with Crippen molar-refractivity contribution in [2.45, 2.75) is 26.7 Å². The molecule has 0 spiro atoms. The zero-order valence-corrected chi connectivity index (χ0v) is 10.1. The van der Waals surface area contributed by atoms with Crippen LogP contribution in [0.5, 0.6) is 0 Å². The summed E-state index contributed by atoms with van der Waals surface area (Å²) in [5, 5.41) is 0.502. The van der Waals surface area contributed by atoms with E-state index in [1.807, 2.05) is 29.5 Å². The van der Waals surface area contributed by atoms with Gasteiger partial charge in [-0.25, -0.2) is 4.98 Å². The normalized spacial score (nSPS) is 10.9. The first-order valence-corrected chi connectivity index (χ1v) is 5.65. The van der Waals surface area contributed by atoms with Crippen LogP contribution in [0, 0.1) is 0 Å². The van der Waals surface area contributed by atoms with E-state index in [9.17, 15) is 4.79 Å². The number of hydrogen-bond acceptors (Lipinski definition) is 2. The molecule has 2 heterocycles. The van der Waals surface area contributed by atoms with Crippen LogP contribution in [0.1, 0.15) is 25.4 Å². The van der Waals surface area contributed by atoms with Crippen molar-refractivity contribution in [1.82, 2.24) is 9.38 Å². The third-order valence-electron chi connectivity index (χ3n) is 2.51. The summed E-state index contributed by atoms with van der Waals surface area (Å²) >= 11 is 6.05. The van der Waals surface area contributed by atoms with E-state index in [-0.39, 0.29) is 5.78 Å². The lowest BCUT2D eigenvalue weighted by Crippen LogP contribution is -2.05. The van der Waals surface area contributed by atoms with Crippen LogP contribution in [0.3, 0.4) is 0 Å². The summed E-state index contributed by atoms with van der Waals surface area (Å²) in [5.41, 5.74) is 1.82. The monoisotopic (exact) mass is 236 g/mol. The Morgan fingerprint density at radius 2 is 2.25 bits per heavy atom. The van der Waals surface area contributed by atoms with Crippen molar-refractivity contribution in [3.63, 3.8) is 0 Å². The van der Waals surface area contributed by atoms with Gasteiger partial charge in [-0.15, -0.1) is 0 Å². The first-order valence-electron chi connectivity index (χ1n) is 5.27. The maximum absolute atomic E-state index is 11.2. The van der Waals surface area contributed by atoms with Gasteiger partial charge in [-0.05, 0) is 19.1 Å². The van der Waals surface area contributed by atoms with Crippen LogP contribution in [0.4, 0.5) is 0 Å². The van der Waals surface area contributed by atoms with Gasteiger partial charge in [-0.1, -0.05) is 24.6 Å². The SMILES string of the molecule is CCc1nc(Cl)c2cccc(CC(C)=O)n12. The van der Waals surface area contributed by atoms with E-state index in [4.69, 9.17) is 11.6 Å². The Kier molecular flexibility index (Phi) is 2.97. The lowest BCUT2D eigenvalue weighted by molar-refractivity contribution is -0.116. The van der Waals surface area contributed by atoms with Gasteiger partial charge in [0.2, 0.25) is 0 Å². The van der Waals surface area contributed by atoms with Crippen LogP contribution in [-0.4, -0.2) is 15.2 Å². The fourth-order valence-electron chi connectivity index (χ4n) is 1.87. The molecule has 16 heavy (non-hydrogen) atoms. The average molecular weight is 237 g/mol. The highest BCUT2D eigenvalue weighted by molar-refractivity contribution is 6.32. The van der Waals surface area contributed by atoms with Gasteiger partial charge in [0.1, 0.15) is 11.6 Å². The zero-order valence-electron chi connectivity index (χ0n) is 9.33. The smallest absolute Gasteiger partial charge is 0.155 e. The van der Waals surface area contributed by atoms with Crippen molar-refractivity contribution in [3.05, 3.63) is 34.9 Å². The highest BCUT2D eigenvalue weighted by Crippen LogP contribution is 2.20. The predicted molar refractivity (Wildman–Crippen MR) is 64.0 cm³/mol. The molecule has 2 aromatic rings. The Hall–Kier alpha value is -1.35. The molecule has 4 heteroatoms. The number of ketones is 1. The van der Waals surface area contributed by atoms with Crippen molar-refractivity contribution in [2.24, 2.45) is 0 Å². The topological polar surface area (TPSA) is 34.4 Å². The van der Waals surface area contributed by atoms with Crippen LogP contribution in [-0.2, 0) is 17.6 Å². The summed E-state index contributed by atoms with van der Waals surface area (Å²) < 4.78 is 1.98. The number of rotatable bonds is 3. The molecule has 0 atom stereocenters. The van der Waals surface area contributed by atoms with Crippen LogP contribution in [0.25, 0.3) is 5.52 Å². The van der Waals surface area contributed by atoms with Crippen molar-refractivity contribution in [1.29, 1.82) is 0 Å². The van der Waals surface area contributed by atoms with Gasteiger partial charge < -0.3 is 0 Å². The molecule has 84 valence electrons. The standard InChI is InChI=1S/C12H13ClN2O/c1-3-11-14-12(13)10-6-4-5-9(15(10)11)7-8(2)16/h4-6H,3,7H2,1-2H3. The maximum Gasteiger partial charge on any atom is 0.155 e. The number of Topliss-reactive ketones (excluding diaryl/α,β-unsaturated/α-hetero) is 1. The van der Waals surface area contributed by atoms with E-state index >= 15 is 0 Å². The van der Waals surface area contributed by atoms with Crippen LogP contribution in [0.2, 0.25) is 5.15 Å². The summed E-state index contributed by atoms with van der Waals surface area (Å²) in [6.07, 6.45) is 1.21. The molecule has 0 saturated carbocycles. The third kappa shape index (κ3) is 1.83.